The Morgan fingerprint density at radius 2 is 1.83 bits per heavy atom. The van der Waals surface area contributed by atoms with E-state index >= 15 is 0 Å². The average Bonchev–Trinajstić information content (AvgIpc) is 3.61. The van der Waals surface area contributed by atoms with Gasteiger partial charge in [-0.2, -0.15) is 8.42 Å². The van der Waals surface area contributed by atoms with Crippen LogP contribution in [0.25, 0.3) is 10.9 Å². The van der Waals surface area contributed by atoms with E-state index in [0.717, 1.165) is 42.6 Å². The van der Waals surface area contributed by atoms with Crippen LogP contribution >= 0.6 is 11.6 Å². The van der Waals surface area contributed by atoms with Crippen molar-refractivity contribution in [3.8, 4) is 0 Å². The summed E-state index contributed by atoms with van der Waals surface area (Å²) in [7, 11) is -3.92. The molecule has 2 fully saturated rings. The van der Waals surface area contributed by atoms with Crippen molar-refractivity contribution in [2.45, 2.75) is 23.8 Å². The fourth-order valence-electron chi connectivity index (χ4n) is 3.87. The van der Waals surface area contributed by atoms with Crippen LogP contribution in [0.2, 0.25) is 5.02 Å². The number of hydrogen-bond acceptors (Lipinski definition) is 6. The van der Waals surface area contributed by atoms with Crippen molar-refractivity contribution in [3.63, 3.8) is 0 Å². The number of benzene rings is 1. The highest BCUT2D eigenvalue weighted by atomic mass is 35.5. The lowest BCUT2D eigenvalue weighted by Crippen LogP contribution is -2.36. The van der Waals surface area contributed by atoms with Gasteiger partial charge < -0.3 is 9.64 Å². The molecule has 5 rings (SSSR count). The number of fused-ring (bicyclic) bond motifs is 1. The lowest BCUT2D eigenvalue weighted by atomic mass is 10.1. The molecule has 3 heterocycles. The standard InChI is InChI=1S/C21H21ClN4O3S/c22-17-13-18(26-9-11-29-12-10-26)16-4-2-7-23-19(16)20(17)25-30(27,28)21-15(14-5-6-14)3-1-8-24-21/h1-4,7-8,13-14,25H,5-6,9-12H2. The van der Waals surface area contributed by atoms with Gasteiger partial charge in [-0.15, -0.1) is 0 Å². The van der Waals surface area contributed by atoms with Gasteiger partial charge in [0.2, 0.25) is 0 Å². The number of nitrogens with zero attached hydrogens (tertiary/aromatic N) is 3. The number of hydrogen-bond donors (Lipinski definition) is 1. The molecule has 0 spiro atoms. The van der Waals surface area contributed by atoms with Gasteiger partial charge in [0, 0.05) is 36.6 Å². The fourth-order valence-corrected chi connectivity index (χ4v) is 5.49. The molecule has 9 heteroatoms. The number of nitrogens with one attached hydrogen (secondary N) is 1. The number of pyridine rings is 2. The third-order valence-electron chi connectivity index (χ3n) is 5.48. The quantitative estimate of drug-likeness (QED) is 0.644. The highest BCUT2D eigenvalue weighted by Gasteiger charge is 2.32. The number of anilines is 2. The molecule has 0 radical (unpaired) electrons. The molecule has 3 aromatic rings. The maximum Gasteiger partial charge on any atom is 0.279 e. The highest BCUT2D eigenvalue weighted by Crippen LogP contribution is 2.43. The van der Waals surface area contributed by atoms with Crippen molar-refractivity contribution in [1.82, 2.24) is 9.97 Å². The lowest BCUT2D eigenvalue weighted by Gasteiger charge is -2.30. The number of sulfonamides is 1. The molecule has 30 heavy (non-hydrogen) atoms. The third kappa shape index (κ3) is 3.59. The van der Waals surface area contributed by atoms with E-state index < -0.39 is 10.0 Å². The Morgan fingerprint density at radius 1 is 1.10 bits per heavy atom. The van der Waals surface area contributed by atoms with Gasteiger partial charge in [0.05, 0.1) is 29.4 Å². The van der Waals surface area contributed by atoms with Crippen molar-refractivity contribution >= 4 is 43.9 Å². The van der Waals surface area contributed by atoms with Gasteiger partial charge >= 0.3 is 0 Å². The van der Waals surface area contributed by atoms with Crippen molar-refractivity contribution in [3.05, 3.63) is 53.3 Å². The van der Waals surface area contributed by atoms with E-state index in [-0.39, 0.29) is 16.6 Å². The number of morpholine rings is 1. The maximum atomic E-state index is 13.3. The normalized spacial score (nSPS) is 17.3. The predicted octanol–water partition coefficient (Wildman–Crippen LogP) is 3.80. The Balaban J connectivity index is 1.59. The Labute approximate surface area is 180 Å². The Morgan fingerprint density at radius 3 is 2.60 bits per heavy atom. The smallest absolute Gasteiger partial charge is 0.279 e. The predicted molar refractivity (Wildman–Crippen MR) is 117 cm³/mol. The number of ether oxygens (including phenoxy) is 1. The Bertz CT molecular complexity index is 1210. The Hall–Kier alpha value is -2.42. The summed E-state index contributed by atoms with van der Waals surface area (Å²) >= 11 is 6.59. The molecule has 0 unspecified atom stereocenters. The van der Waals surface area contributed by atoms with Gasteiger partial charge in [0.15, 0.2) is 5.03 Å². The van der Waals surface area contributed by atoms with Crippen LogP contribution in [0.3, 0.4) is 0 Å². The minimum atomic E-state index is -3.92. The lowest BCUT2D eigenvalue weighted by molar-refractivity contribution is 0.123. The van der Waals surface area contributed by atoms with Gasteiger partial charge in [0.25, 0.3) is 10.0 Å². The zero-order valence-electron chi connectivity index (χ0n) is 16.2. The minimum Gasteiger partial charge on any atom is -0.378 e. The van der Waals surface area contributed by atoms with Crippen LogP contribution in [0, 0.1) is 0 Å². The van der Waals surface area contributed by atoms with E-state index in [4.69, 9.17) is 16.3 Å². The van der Waals surface area contributed by atoms with Crippen LogP contribution in [0.1, 0.15) is 24.3 Å². The first-order valence-electron chi connectivity index (χ1n) is 9.92. The van der Waals surface area contributed by atoms with Crippen LogP contribution < -0.4 is 9.62 Å². The molecule has 1 aliphatic heterocycles. The molecule has 0 amide bonds. The molecule has 1 saturated heterocycles. The fraction of sp³-hybridized carbons (Fsp3) is 0.333. The van der Waals surface area contributed by atoms with Crippen LogP contribution in [-0.2, 0) is 14.8 Å². The van der Waals surface area contributed by atoms with E-state index in [1.807, 2.05) is 18.2 Å². The average molecular weight is 445 g/mol. The molecular formula is C21H21ClN4O3S. The number of rotatable bonds is 5. The second-order valence-electron chi connectivity index (χ2n) is 7.53. The largest absolute Gasteiger partial charge is 0.378 e. The van der Waals surface area contributed by atoms with E-state index in [1.54, 1.807) is 18.3 Å². The van der Waals surface area contributed by atoms with E-state index in [9.17, 15) is 8.42 Å². The maximum absolute atomic E-state index is 13.3. The molecule has 1 N–H and O–H groups in total. The van der Waals surface area contributed by atoms with Crippen LogP contribution in [0.4, 0.5) is 11.4 Å². The Kier molecular flexibility index (Phi) is 5.00. The molecule has 2 aromatic heterocycles. The molecule has 2 aliphatic rings. The first kappa shape index (κ1) is 19.5. The summed E-state index contributed by atoms with van der Waals surface area (Å²) in [6, 6.07) is 9.17. The first-order chi connectivity index (χ1) is 14.5. The molecule has 7 nitrogen and oxygen atoms in total. The van der Waals surface area contributed by atoms with E-state index in [1.165, 1.54) is 6.20 Å². The molecule has 156 valence electrons. The molecule has 1 saturated carbocycles. The van der Waals surface area contributed by atoms with Gasteiger partial charge in [-0.1, -0.05) is 17.7 Å². The number of halogens is 1. The van der Waals surface area contributed by atoms with Crippen LogP contribution in [0.5, 0.6) is 0 Å². The van der Waals surface area contributed by atoms with Gasteiger partial charge in [-0.05, 0) is 48.6 Å². The molecule has 1 aromatic carbocycles. The summed E-state index contributed by atoms with van der Waals surface area (Å²) in [6.07, 6.45) is 5.09. The summed E-state index contributed by atoms with van der Waals surface area (Å²) in [5.74, 6) is 0.249. The summed E-state index contributed by atoms with van der Waals surface area (Å²) in [6.45, 7) is 2.75. The van der Waals surface area contributed by atoms with Crippen molar-refractivity contribution in [2.75, 3.05) is 35.9 Å². The monoisotopic (exact) mass is 444 g/mol. The highest BCUT2D eigenvalue weighted by molar-refractivity contribution is 7.92. The summed E-state index contributed by atoms with van der Waals surface area (Å²) in [5.41, 5.74) is 2.46. The second kappa shape index (κ2) is 7.68. The second-order valence-corrected chi connectivity index (χ2v) is 9.53. The third-order valence-corrected chi connectivity index (χ3v) is 7.10. The van der Waals surface area contributed by atoms with Gasteiger partial charge in [-0.25, -0.2) is 4.98 Å². The summed E-state index contributed by atoms with van der Waals surface area (Å²) in [4.78, 5) is 10.8. The summed E-state index contributed by atoms with van der Waals surface area (Å²) in [5, 5.41) is 1.20. The molecule has 0 bridgehead atoms. The van der Waals surface area contributed by atoms with Crippen LogP contribution in [0.15, 0.2) is 47.8 Å². The van der Waals surface area contributed by atoms with Crippen LogP contribution in [-0.4, -0.2) is 44.7 Å². The van der Waals surface area contributed by atoms with Crippen molar-refractivity contribution in [1.29, 1.82) is 0 Å². The minimum absolute atomic E-state index is 0.0601. The topological polar surface area (TPSA) is 84.4 Å². The zero-order valence-corrected chi connectivity index (χ0v) is 17.8. The van der Waals surface area contributed by atoms with Gasteiger partial charge in [-0.3, -0.25) is 9.71 Å². The van der Waals surface area contributed by atoms with E-state index in [0.29, 0.717) is 23.8 Å². The molecule has 1 aliphatic carbocycles. The molecular weight excluding hydrogens is 424 g/mol. The van der Waals surface area contributed by atoms with Crippen molar-refractivity contribution in [2.24, 2.45) is 0 Å². The van der Waals surface area contributed by atoms with Crippen molar-refractivity contribution < 1.29 is 13.2 Å². The molecule has 0 atom stereocenters. The number of aromatic nitrogens is 2. The zero-order chi connectivity index (χ0) is 20.7. The summed E-state index contributed by atoms with van der Waals surface area (Å²) < 4.78 is 34.6. The first-order valence-corrected chi connectivity index (χ1v) is 11.8. The van der Waals surface area contributed by atoms with Gasteiger partial charge in [0.1, 0.15) is 0 Å². The van der Waals surface area contributed by atoms with E-state index in [2.05, 4.69) is 19.6 Å². The SMILES string of the molecule is O=S(=O)(Nc1c(Cl)cc(N2CCOCC2)c2cccnc12)c1ncccc1C1CC1.